The van der Waals surface area contributed by atoms with Gasteiger partial charge in [0.25, 0.3) is 0 Å². The summed E-state index contributed by atoms with van der Waals surface area (Å²) >= 11 is 4.91. The quantitative estimate of drug-likeness (QED) is 0.639. The van der Waals surface area contributed by atoms with E-state index < -0.39 is 12.6 Å². The molecule has 1 rings (SSSR count). The van der Waals surface area contributed by atoms with Crippen molar-refractivity contribution >= 4 is 22.9 Å². The van der Waals surface area contributed by atoms with Gasteiger partial charge in [-0.25, -0.2) is 0 Å². The SMILES string of the molecule is Cc1ccc(NCCCC(F)(F)F)c(C(N)=S)c1. The van der Waals surface area contributed by atoms with Crippen LogP contribution in [-0.2, 0) is 0 Å². The molecular weight excluding hydrogens is 261 g/mol. The number of anilines is 1. The summed E-state index contributed by atoms with van der Waals surface area (Å²) < 4.78 is 35.9. The highest BCUT2D eigenvalue weighted by atomic mass is 32.1. The lowest BCUT2D eigenvalue weighted by Gasteiger charge is -2.12. The van der Waals surface area contributed by atoms with Gasteiger partial charge in [0.1, 0.15) is 4.99 Å². The number of thiocarbonyl (C=S) groups is 1. The summed E-state index contributed by atoms with van der Waals surface area (Å²) in [5, 5.41) is 2.93. The van der Waals surface area contributed by atoms with Crippen LogP contribution in [0.4, 0.5) is 18.9 Å². The zero-order valence-electron chi connectivity index (χ0n) is 9.97. The number of halogens is 3. The molecule has 3 N–H and O–H groups in total. The molecule has 6 heteroatoms. The van der Waals surface area contributed by atoms with E-state index in [4.69, 9.17) is 18.0 Å². The summed E-state index contributed by atoms with van der Waals surface area (Å²) in [7, 11) is 0. The Morgan fingerprint density at radius 1 is 1.39 bits per heavy atom. The minimum absolute atomic E-state index is 0.0220. The largest absolute Gasteiger partial charge is 0.389 e. The van der Waals surface area contributed by atoms with Gasteiger partial charge in [0.15, 0.2) is 0 Å². The van der Waals surface area contributed by atoms with Crippen LogP contribution in [0.1, 0.15) is 24.0 Å². The summed E-state index contributed by atoms with van der Waals surface area (Å²) in [6.45, 7) is 2.13. The predicted molar refractivity (Wildman–Crippen MR) is 70.8 cm³/mol. The van der Waals surface area contributed by atoms with Crippen LogP contribution in [0.25, 0.3) is 0 Å². The van der Waals surface area contributed by atoms with Crippen LogP contribution in [0, 0.1) is 6.92 Å². The average molecular weight is 276 g/mol. The molecule has 0 saturated heterocycles. The highest BCUT2D eigenvalue weighted by molar-refractivity contribution is 7.80. The van der Waals surface area contributed by atoms with Crippen LogP contribution in [0.3, 0.4) is 0 Å². The molecule has 0 heterocycles. The third kappa shape index (κ3) is 4.91. The smallest absolute Gasteiger partial charge is 0.389 e. The normalized spacial score (nSPS) is 11.3. The first kappa shape index (κ1) is 14.8. The molecule has 0 saturated carbocycles. The van der Waals surface area contributed by atoms with E-state index in [1.54, 1.807) is 6.07 Å². The number of rotatable bonds is 5. The van der Waals surface area contributed by atoms with Crippen LogP contribution in [0.15, 0.2) is 18.2 Å². The molecule has 18 heavy (non-hydrogen) atoms. The third-order valence-corrected chi connectivity index (χ3v) is 2.61. The Morgan fingerprint density at radius 3 is 2.61 bits per heavy atom. The van der Waals surface area contributed by atoms with Gasteiger partial charge in [-0.05, 0) is 25.5 Å². The van der Waals surface area contributed by atoms with Crippen molar-refractivity contribution in [3.05, 3.63) is 29.3 Å². The van der Waals surface area contributed by atoms with Crippen LogP contribution in [-0.4, -0.2) is 17.7 Å². The average Bonchev–Trinajstić information content (AvgIpc) is 2.24. The Labute approximate surface area is 109 Å². The maximum absolute atomic E-state index is 12.0. The standard InChI is InChI=1S/C12H15F3N2S/c1-8-3-4-10(9(7-8)11(16)18)17-6-2-5-12(13,14)15/h3-4,7,17H,2,5-6H2,1H3,(H2,16,18). The first-order chi connectivity index (χ1) is 8.29. The highest BCUT2D eigenvalue weighted by Gasteiger charge is 2.25. The molecule has 0 spiro atoms. The van der Waals surface area contributed by atoms with Crippen molar-refractivity contribution in [1.29, 1.82) is 0 Å². The van der Waals surface area contributed by atoms with Crippen LogP contribution in [0.2, 0.25) is 0 Å². The van der Waals surface area contributed by atoms with Gasteiger partial charge in [-0.2, -0.15) is 13.2 Å². The van der Waals surface area contributed by atoms with Crippen molar-refractivity contribution in [2.75, 3.05) is 11.9 Å². The first-order valence-electron chi connectivity index (χ1n) is 5.50. The van der Waals surface area contributed by atoms with Crippen molar-refractivity contribution in [1.82, 2.24) is 0 Å². The summed E-state index contributed by atoms with van der Waals surface area (Å²) in [6, 6.07) is 5.44. The Balaban J connectivity index is 2.59. The lowest BCUT2D eigenvalue weighted by molar-refractivity contribution is -0.134. The topological polar surface area (TPSA) is 38.0 Å². The van der Waals surface area contributed by atoms with E-state index in [0.29, 0.717) is 11.3 Å². The summed E-state index contributed by atoms with van der Waals surface area (Å²) in [4.78, 5) is 0.233. The third-order valence-electron chi connectivity index (χ3n) is 2.39. The van der Waals surface area contributed by atoms with E-state index in [1.165, 1.54) is 0 Å². The second-order valence-electron chi connectivity index (χ2n) is 4.06. The monoisotopic (exact) mass is 276 g/mol. The number of alkyl halides is 3. The number of aryl methyl sites for hydroxylation is 1. The fraction of sp³-hybridized carbons (Fsp3) is 0.417. The van der Waals surface area contributed by atoms with Crippen LogP contribution >= 0.6 is 12.2 Å². The number of hydrogen-bond donors (Lipinski definition) is 2. The van der Waals surface area contributed by atoms with Crippen molar-refractivity contribution in [2.24, 2.45) is 5.73 Å². The van der Waals surface area contributed by atoms with Gasteiger partial charge in [0.2, 0.25) is 0 Å². The van der Waals surface area contributed by atoms with Gasteiger partial charge in [0.05, 0.1) is 0 Å². The van der Waals surface area contributed by atoms with Gasteiger partial charge >= 0.3 is 6.18 Å². The van der Waals surface area contributed by atoms with E-state index in [0.717, 1.165) is 5.56 Å². The molecule has 1 aromatic carbocycles. The maximum Gasteiger partial charge on any atom is 0.389 e. The first-order valence-corrected chi connectivity index (χ1v) is 5.91. The Bertz CT molecular complexity index is 430. The zero-order chi connectivity index (χ0) is 13.8. The van der Waals surface area contributed by atoms with Gasteiger partial charge in [0, 0.05) is 24.2 Å². The van der Waals surface area contributed by atoms with E-state index in [9.17, 15) is 13.2 Å². The Kier molecular flexibility index (Phi) is 4.95. The predicted octanol–water partition coefficient (Wildman–Crippen LogP) is 3.38. The molecule has 0 aromatic heterocycles. The fourth-order valence-electron chi connectivity index (χ4n) is 1.53. The van der Waals surface area contributed by atoms with Crippen molar-refractivity contribution < 1.29 is 13.2 Å². The second kappa shape index (κ2) is 6.04. The van der Waals surface area contributed by atoms with Crippen molar-refractivity contribution in [3.8, 4) is 0 Å². The molecule has 0 atom stereocenters. The minimum atomic E-state index is -4.11. The fourth-order valence-corrected chi connectivity index (χ4v) is 1.70. The molecule has 0 radical (unpaired) electrons. The van der Waals surface area contributed by atoms with Gasteiger partial charge < -0.3 is 11.1 Å². The Morgan fingerprint density at radius 2 is 2.06 bits per heavy atom. The number of benzene rings is 1. The molecule has 2 nitrogen and oxygen atoms in total. The molecule has 0 aliphatic heterocycles. The molecule has 0 bridgehead atoms. The summed E-state index contributed by atoms with van der Waals surface area (Å²) in [6.07, 6.45) is -4.89. The Hall–Kier alpha value is -1.30. The molecule has 0 aliphatic carbocycles. The molecular formula is C12H15F3N2S. The van der Waals surface area contributed by atoms with E-state index in [2.05, 4.69) is 5.32 Å². The molecule has 100 valence electrons. The van der Waals surface area contributed by atoms with Crippen LogP contribution in [0.5, 0.6) is 0 Å². The minimum Gasteiger partial charge on any atom is -0.389 e. The van der Waals surface area contributed by atoms with E-state index in [-0.39, 0.29) is 18.0 Å². The van der Waals surface area contributed by atoms with E-state index >= 15 is 0 Å². The highest BCUT2D eigenvalue weighted by Crippen LogP contribution is 2.22. The van der Waals surface area contributed by atoms with Gasteiger partial charge in [-0.3, -0.25) is 0 Å². The zero-order valence-corrected chi connectivity index (χ0v) is 10.8. The molecule has 0 aliphatic rings. The number of hydrogen-bond acceptors (Lipinski definition) is 2. The molecule has 1 aromatic rings. The lowest BCUT2D eigenvalue weighted by Crippen LogP contribution is -2.15. The van der Waals surface area contributed by atoms with E-state index in [1.807, 2.05) is 19.1 Å². The van der Waals surface area contributed by atoms with Gasteiger partial charge in [-0.15, -0.1) is 0 Å². The summed E-state index contributed by atoms with van der Waals surface area (Å²) in [5.41, 5.74) is 7.91. The number of nitrogens with one attached hydrogen (secondary N) is 1. The lowest BCUT2D eigenvalue weighted by atomic mass is 10.1. The second-order valence-corrected chi connectivity index (χ2v) is 4.50. The van der Waals surface area contributed by atoms with Crippen LogP contribution < -0.4 is 11.1 Å². The molecule has 0 amide bonds. The van der Waals surface area contributed by atoms with Crippen molar-refractivity contribution in [2.45, 2.75) is 25.9 Å². The van der Waals surface area contributed by atoms with Crippen molar-refractivity contribution in [3.63, 3.8) is 0 Å². The van der Waals surface area contributed by atoms with Gasteiger partial charge in [-0.1, -0.05) is 23.8 Å². The number of nitrogens with two attached hydrogens (primary N) is 1. The molecule has 0 fully saturated rings. The maximum atomic E-state index is 12.0. The summed E-state index contributed by atoms with van der Waals surface area (Å²) in [5.74, 6) is 0. The molecule has 0 unspecified atom stereocenters.